The first kappa shape index (κ1) is 15.4. The number of rotatable bonds is 7. The largest absolute Gasteiger partial charge is 0.396 e. The zero-order valence-corrected chi connectivity index (χ0v) is 12.2. The summed E-state index contributed by atoms with van der Waals surface area (Å²) in [7, 11) is 0. The van der Waals surface area contributed by atoms with Crippen molar-refractivity contribution in [2.75, 3.05) is 11.9 Å². The van der Waals surface area contributed by atoms with Gasteiger partial charge in [-0.25, -0.2) is 4.39 Å². The van der Waals surface area contributed by atoms with E-state index in [-0.39, 0.29) is 18.5 Å². The van der Waals surface area contributed by atoms with E-state index in [9.17, 15) is 4.39 Å². The average molecular weight is 288 g/mol. The molecule has 2 rings (SSSR count). The molecule has 0 bridgehead atoms. The lowest BCUT2D eigenvalue weighted by Gasteiger charge is -2.18. The fourth-order valence-electron chi connectivity index (χ4n) is 2.28. The first-order valence-corrected chi connectivity index (χ1v) is 7.30. The quantitative estimate of drug-likeness (QED) is 0.816. The van der Waals surface area contributed by atoms with E-state index in [0.29, 0.717) is 0 Å². The van der Waals surface area contributed by atoms with Gasteiger partial charge in [-0.2, -0.15) is 0 Å². The molecule has 0 aliphatic carbocycles. The molecule has 3 nitrogen and oxygen atoms in total. The van der Waals surface area contributed by atoms with Crippen LogP contribution in [-0.2, 0) is 6.42 Å². The fourth-order valence-corrected chi connectivity index (χ4v) is 2.28. The second-order valence-electron chi connectivity index (χ2n) is 5.03. The van der Waals surface area contributed by atoms with Crippen molar-refractivity contribution in [2.24, 2.45) is 0 Å². The third-order valence-electron chi connectivity index (χ3n) is 3.41. The normalized spacial score (nSPS) is 12.1. The maximum absolute atomic E-state index is 12.9. The van der Waals surface area contributed by atoms with Crippen LogP contribution in [-0.4, -0.2) is 16.7 Å². The molecule has 1 aromatic heterocycles. The SMILES string of the molecule is CCC(Nc1cccc(CCCO)c1)c1ccc(F)cn1. The molecule has 1 atom stereocenters. The fraction of sp³-hybridized carbons (Fsp3) is 0.353. The van der Waals surface area contributed by atoms with Gasteiger partial charge < -0.3 is 10.4 Å². The van der Waals surface area contributed by atoms with Crippen LogP contribution in [0.1, 0.15) is 37.1 Å². The molecule has 0 saturated heterocycles. The number of hydrogen-bond acceptors (Lipinski definition) is 3. The molecule has 2 N–H and O–H groups in total. The van der Waals surface area contributed by atoms with E-state index in [0.717, 1.165) is 30.6 Å². The Morgan fingerprint density at radius 3 is 2.81 bits per heavy atom. The molecule has 1 heterocycles. The first-order chi connectivity index (χ1) is 10.2. The molecule has 0 spiro atoms. The van der Waals surface area contributed by atoms with Crippen LogP contribution in [0.3, 0.4) is 0 Å². The topological polar surface area (TPSA) is 45.1 Å². The number of hydrogen-bond donors (Lipinski definition) is 2. The molecule has 0 aliphatic rings. The van der Waals surface area contributed by atoms with Gasteiger partial charge in [-0.15, -0.1) is 0 Å². The maximum Gasteiger partial charge on any atom is 0.141 e. The molecule has 4 heteroatoms. The Morgan fingerprint density at radius 2 is 2.14 bits per heavy atom. The highest BCUT2D eigenvalue weighted by Gasteiger charge is 2.10. The zero-order valence-electron chi connectivity index (χ0n) is 12.2. The van der Waals surface area contributed by atoms with Gasteiger partial charge in [0.15, 0.2) is 0 Å². The number of nitrogens with zero attached hydrogens (tertiary/aromatic N) is 1. The van der Waals surface area contributed by atoms with Gasteiger partial charge in [-0.05, 0) is 49.1 Å². The summed E-state index contributed by atoms with van der Waals surface area (Å²) in [6.45, 7) is 2.27. The second-order valence-corrected chi connectivity index (χ2v) is 5.03. The van der Waals surface area contributed by atoms with Crippen LogP contribution in [0.2, 0.25) is 0 Å². The molecule has 1 aromatic carbocycles. The molecular formula is C17H21FN2O. The summed E-state index contributed by atoms with van der Waals surface area (Å²) < 4.78 is 12.9. The number of anilines is 1. The number of nitrogens with one attached hydrogen (secondary N) is 1. The summed E-state index contributed by atoms with van der Waals surface area (Å²) >= 11 is 0. The van der Waals surface area contributed by atoms with Crippen molar-refractivity contribution in [3.05, 3.63) is 59.7 Å². The zero-order chi connectivity index (χ0) is 15.1. The van der Waals surface area contributed by atoms with Crippen LogP contribution < -0.4 is 5.32 Å². The van der Waals surface area contributed by atoms with E-state index < -0.39 is 0 Å². The minimum Gasteiger partial charge on any atom is -0.396 e. The number of pyridine rings is 1. The van der Waals surface area contributed by atoms with Crippen molar-refractivity contribution in [1.29, 1.82) is 0 Å². The summed E-state index contributed by atoms with van der Waals surface area (Å²) in [6, 6.07) is 11.4. The van der Waals surface area contributed by atoms with Gasteiger partial charge in [0.1, 0.15) is 5.82 Å². The molecule has 1 unspecified atom stereocenters. The number of aromatic nitrogens is 1. The molecule has 21 heavy (non-hydrogen) atoms. The Balaban J connectivity index is 2.09. The Kier molecular flexibility index (Phi) is 5.69. The van der Waals surface area contributed by atoms with Crippen molar-refractivity contribution in [1.82, 2.24) is 4.98 Å². The molecule has 0 fully saturated rings. The molecule has 2 aromatic rings. The van der Waals surface area contributed by atoms with Crippen LogP contribution >= 0.6 is 0 Å². The molecule has 0 aliphatic heterocycles. The van der Waals surface area contributed by atoms with Crippen LogP contribution in [0, 0.1) is 5.82 Å². The smallest absolute Gasteiger partial charge is 0.141 e. The summed E-state index contributed by atoms with van der Waals surface area (Å²) in [5, 5.41) is 12.3. The van der Waals surface area contributed by atoms with Crippen LogP contribution in [0.5, 0.6) is 0 Å². The van der Waals surface area contributed by atoms with E-state index >= 15 is 0 Å². The molecule has 0 radical (unpaired) electrons. The van der Waals surface area contributed by atoms with Gasteiger partial charge >= 0.3 is 0 Å². The Morgan fingerprint density at radius 1 is 1.29 bits per heavy atom. The summed E-state index contributed by atoms with van der Waals surface area (Å²) in [6.07, 6.45) is 3.73. The minimum atomic E-state index is -0.320. The van der Waals surface area contributed by atoms with E-state index in [1.165, 1.54) is 17.8 Å². The van der Waals surface area contributed by atoms with Crippen molar-refractivity contribution in [3.8, 4) is 0 Å². The lowest BCUT2D eigenvalue weighted by atomic mass is 10.1. The lowest BCUT2D eigenvalue weighted by Crippen LogP contribution is -2.11. The van der Waals surface area contributed by atoms with Crippen LogP contribution in [0.25, 0.3) is 0 Å². The standard InChI is InChI=1S/C17H21FN2O/c1-2-16(17-9-8-14(18)12-19-17)20-15-7-3-5-13(11-15)6-4-10-21/h3,5,7-9,11-12,16,20-21H,2,4,6,10H2,1H3. The van der Waals surface area contributed by atoms with Crippen molar-refractivity contribution in [3.63, 3.8) is 0 Å². The number of benzene rings is 1. The monoisotopic (exact) mass is 288 g/mol. The van der Waals surface area contributed by atoms with Gasteiger partial charge in [-0.3, -0.25) is 4.98 Å². The van der Waals surface area contributed by atoms with Gasteiger partial charge in [0.25, 0.3) is 0 Å². The van der Waals surface area contributed by atoms with E-state index in [1.54, 1.807) is 6.07 Å². The predicted octanol–water partition coefficient (Wildman–Crippen LogP) is 3.71. The molecular weight excluding hydrogens is 267 g/mol. The van der Waals surface area contributed by atoms with Crippen molar-refractivity contribution < 1.29 is 9.50 Å². The first-order valence-electron chi connectivity index (χ1n) is 7.30. The van der Waals surface area contributed by atoms with Crippen LogP contribution in [0.4, 0.5) is 10.1 Å². The molecule has 0 amide bonds. The highest BCUT2D eigenvalue weighted by atomic mass is 19.1. The van der Waals surface area contributed by atoms with E-state index in [2.05, 4.69) is 29.4 Å². The van der Waals surface area contributed by atoms with Gasteiger partial charge in [0.2, 0.25) is 0 Å². The van der Waals surface area contributed by atoms with Gasteiger partial charge in [0, 0.05) is 12.3 Å². The minimum absolute atomic E-state index is 0.0543. The number of aliphatic hydroxyl groups excluding tert-OH is 1. The number of halogens is 1. The highest BCUT2D eigenvalue weighted by Crippen LogP contribution is 2.22. The summed E-state index contributed by atoms with van der Waals surface area (Å²) in [4.78, 5) is 4.15. The lowest BCUT2D eigenvalue weighted by molar-refractivity contribution is 0.288. The maximum atomic E-state index is 12.9. The average Bonchev–Trinajstić information content (AvgIpc) is 2.52. The summed E-state index contributed by atoms with van der Waals surface area (Å²) in [5.74, 6) is -0.320. The van der Waals surface area contributed by atoms with Crippen molar-refractivity contribution >= 4 is 5.69 Å². The van der Waals surface area contributed by atoms with Crippen LogP contribution in [0.15, 0.2) is 42.6 Å². The Labute approximate surface area is 124 Å². The summed E-state index contributed by atoms with van der Waals surface area (Å²) in [5.41, 5.74) is 3.04. The van der Waals surface area contributed by atoms with Gasteiger partial charge in [-0.1, -0.05) is 19.1 Å². The Bertz CT molecular complexity index is 557. The molecule has 0 saturated carbocycles. The highest BCUT2D eigenvalue weighted by molar-refractivity contribution is 5.47. The Hall–Kier alpha value is -1.94. The third-order valence-corrected chi connectivity index (χ3v) is 3.41. The third kappa shape index (κ3) is 4.53. The number of aliphatic hydroxyl groups is 1. The van der Waals surface area contributed by atoms with E-state index in [1.807, 2.05) is 12.1 Å². The second kappa shape index (κ2) is 7.74. The van der Waals surface area contributed by atoms with Crippen molar-refractivity contribution in [2.45, 2.75) is 32.2 Å². The predicted molar refractivity (Wildman–Crippen MR) is 82.7 cm³/mol. The number of aryl methyl sites for hydroxylation is 1. The molecule has 112 valence electrons. The van der Waals surface area contributed by atoms with E-state index in [4.69, 9.17) is 5.11 Å². The van der Waals surface area contributed by atoms with Gasteiger partial charge in [0.05, 0.1) is 17.9 Å².